The number of morpholine rings is 1. The maximum Gasteiger partial charge on any atom is 0.271 e. The lowest BCUT2D eigenvalue weighted by Crippen LogP contribution is -2.43. The second-order valence-corrected chi connectivity index (χ2v) is 9.18. The number of nitrogens with zero attached hydrogens (tertiary/aromatic N) is 3. The molecule has 2 aliphatic rings. The zero-order valence-electron chi connectivity index (χ0n) is 16.1. The number of likely N-dealkylation sites (tertiary alicyclic amines) is 1. The third kappa shape index (κ3) is 3.18. The predicted octanol–water partition coefficient (Wildman–Crippen LogP) is 1.68. The van der Waals surface area contributed by atoms with Gasteiger partial charge in [0.05, 0.1) is 13.2 Å². The maximum absolute atomic E-state index is 13.2. The Morgan fingerprint density at radius 1 is 1.12 bits per heavy atom. The number of amides is 1. The molecule has 7 nitrogen and oxygen atoms in total. The topological polar surface area (TPSA) is 71.8 Å². The quantitative estimate of drug-likeness (QED) is 0.796. The van der Waals surface area contributed by atoms with Gasteiger partial charge in [-0.15, -0.1) is 0 Å². The van der Waals surface area contributed by atoms with Crippen LogP contribution in [0, 0.1) is 13.8 Å². The fourth-order valence-electron chi connectivity index (χ4n) is 4.09. The average molecular weight is 384 g/mol. The van der Waals surface area contributed by atoms with Crippen LogP contribution in [0.15, 0.2) is 4.90 Å². The smallest absolute Gasteiger partial charge is 0.271 e. The van der Waals surface area contributed by atoms with Gasteiger partial charge in [-0.25, -0.2) is 8.42 Å². The Bertz CT molecular complexity index is 794. The van der Waals surface area contributed by atoms with Crippen molar-refractivity contribution in [3.63, 3.8) is 0 Å². The first kappa shape index (κ1) is 19.4. The van der Waals surface area contributed by atoms with Gasteiger partial charge in [-0.1, -0.05) is 0 Å². The van der Waals surface area contributed by atoms with Crippen LogP contribution in [-0.4, -0.2) is 67.0 Å². The van der Waals surface area contributed by atoms with Crippen LogP contribution in [0.1, 0.15) is 47.9 Å². The number of carbonyl (C=O) groups excluding carboxylic acids is 1. The van der Waals surface area contributed by atoms with Crippen LogP contribution in [0.2, 0.25) is 0 Å². The van der Waals surface area contributed by atoms with Crippen LogP contribution in [0.3, 0.4) is 0 Å². The van der Waals surface area contributed by atoms with E-state index in [-0.39, 0.29) is 16.8 Å². The predicted molar refractivity (Wildman–Crippen MR) is 98.8 cm³/mol. The molecule has 0 spiro atoms. The summed E-state index contributed by atoms with van der Waals surface area (Å²) >= 11 is 0. The summed E-state index contributed by atoms with van der Waals surface area (Å²) in [7, 11) is -1.86. The SMILES string of the molecule is Cc1c(S(=O)(=O)N2CCOCC2)c(C)n(C)c1C(=O)N1CCCCC1C. The van der Waals surface area contributed by atoms with Crippen molar-refractivity contribution in [1.82, 2.24) is 13.8 Å². The van der Waals surface area contributed by atoms with Crippen molar-refractivity contribution >= 4 is 15.9 Å². The van der Waals surface area contributed by atoms with E-state index in [1.807, 2.05) is 4.90 Å². The lowest BCUT2D eigenvalue weighted by molar-refractivity contribution is 0.0624. The van der Waals surface area contributed by atoms with Crippen molar-refractivity contribution in [2.45, 2.75) is 51.0 Å². The van der Waals surface area contributed by atoms with E-state index < -0.39 is 10.0 Å². The Balaban J connectivity index is 2.02. The molecule has 2 saturated heterocycles. The van der Waals surface area contributed by atoms with Crippen molar-refractivity contribution in [3.05, 3.63) is 17.0 Å². The van der Waals surface area contributed by atoms with Crippen molar-refractivity contribution in [1.29, 1.82) is 0 Å². The van der Waals surface area contributed by atoms with Gasteiger partial charge in [0, 0.05) is 44.0 Å². The van der Waals surface area contributed by atoms with Gasteiger partial charge in [0.25, 0.3) is 5.91 Å². The molecular weight excluding hydrogens is 354 g/mol. The van der Waals surface area contributed by atoms with Crippen molar-refractivity contribution in [2.24, 2.45) is 7.05 Å². The van der Waals surface area contributed by atoms with Crippen molar-refractivity contribution in [3.8, 4) is 0 Å². The lowest BCUT2D eigenvalue weighted by atomic mass is 10.0. The van der Waals surface area contributed by atoms with Crippen LogP contribution in [0.5, 0.6) is 0 Å². The van der Waals surface area contributed by atoms with E-state index in [1.165, 1.54) is 4.31 Å². The Labute approximate surface area is 156 Å². The minimum atomic E-state index is -3.64. The average Bonchev–Trinajstić information content (AvgIpc) is 2.85. The molecule has 0 radical (unpaired) electrons. The number of sulfonamides is 1. The van der Waals surface area contributed by atoms with E-state index in [4.69, 9.17) is 4.74 Å². The molecule has 2 aliphatic heterocycles. The minimum Gasteiger partial charge on any atom is -0.379 e. The molecular formula is C18H29N3O4S. The summed E-state index contributed by atoms with van der Waals surface area (Å²) in [4.78, 5) is 15.4. The van der Waals surface area contributed by atoms with Crippen LogP contribution < -0.4 is 0 Å². The Kier molecular flexibility index (Phi) is 5.46. The number of piperidine rings is 1. The Hall–Kier alpha value is -1.38. The highest BCUT2D eigenvalue weighted by atomic mass is 32.2. The lowest BCUT2D eigenvalue weighted by Gasteiger charge is -2.33. The monoisotopic (exact) mass is 383 g/mol. The molecule has 1 aromatic rings. The van der Waals surface area contributed by atoms with E-state index in [0.29, 0.717) is 43.3 Å². The van der Waals surface area contributed by atoms with Crippen LogP contribution in [-0.2, 0) is 21.8 Å². The van der Waals surface area contributed by atoms with E-state index in [2.05, 4.69) is 6.92 Å². The number of carbonyl (C=O) groups is 1. The molecule has 26 heavy (non-hydrogen) atoms. The van der Waals surface area contributed by atoms with Crippen molar-refractivity contribution in [2.75, 3.05) is 32.8 Å². The first-order valence-corrected chi connectivity index (χ1v) is 10.8. The first-order valence-electron chi connectivity index (χ1n) is 9.31. The second-order valence-electron chi connectivity index (χ2n) is 7.31. The fraction of sp³-hybridized carbons (Fsp3) is 0.722. The van der Waals surface area contributed by atoms with Gasteiger partial charge in [-0.05, 0) is 40.0 Å². The molecule has 8 heteroatoms. The summed E-state index contributed by atoms with van der Waals surface area (Å²) in [6.07, 6.45) is 3.12. The van der Waals surface area contributed by atoms with Gasteiger partial charge in [-0.2, -0.15) is 4.31 Å². The minimum absolute atomic E-state index is 0.0660. The maximum atomic E-state index is 13.2. The molecule has 1 unspecified atom stereocenters. The second kappa shape index (κ2) is 7.32. The number of aromatic nitrogens is 1. The molecule has 3 heterocycles. The van der Waals surface area contributed by atoms with Gasteiger partial charge >= 0.3 is 0 Å². The molecule has 1 atom stereocenters. The fourth-order valence-corrected chi connectivity index (χ4v) is 5.97. The van der Waals surface area contributed by atoms with Gasteiger partial charge in [-0.3, -0.25) is 4.79 Å². The molecule has 3 rings (SSSR count). The van der Waals surface area contributed by atoms with Crippen LogP contribution in [0.4, 0.5) is 0 Å². The Morgan fingerprint density at radius 3 is 2.38 bits per heavy atom. The summed E-state index contributed by atoms with van der Waals surface area (Å²) in [6, 6.07) is 0.185. The van der Waals surface area contributed by atoms with E-state index in [1.54, 1.807) is 25.5 Å². The third-order valence-corrected chi connectivity index (χ3v) is 7.86. The highest BCUT2D eigenvalue weighted by molar-refractivity contribution is 7.89. The summed E-state index contributed by atoms with van der Waals surface area (Å²) in [6.45, 7) is 7.83. The summed E-state index contributed by atoms with van der Waals surface area (Å²) in [5.41, 5.74) is 1.66. The highest BCUT2D eigenvalue weighted by Gasteiger charge is 2.36. The van der Waals surface area contributed by atoms with E-state index >= 15 is 0 Å². The molecule has 0 bridgehead atoms. The van der Waals surface area contributed by atoms with E-state index in [9.17, 15) is 13.2 Å². The molecule has 0 aliphatic carbocycles. The van der Waals surface area contributed by atoms with Gasteiger partial charge in [0.2, 0.25) is 10.0 Å². The first-order chi connectivity index (χ1) is 12.3. The van der Waals surface area contributed by atoms with Gasteiger partial charge < -0.3 is 14.2 Å². The highest BCUT2D eigenvalue weighted by Crippen LogP contribution is 2.31. The largest absolute Gasteiger partial charge is 0.379 e. The number of hydrogen-bond acceptors (Lipinski definition) is 4. The van der Waals surface area contributed by atoms with Gasteiger partial charge in [0.15, 0.2) is 0 Å². The summed E-state index contributed by atoms with van der Waals surface area (Å²) in [5, 5.41) is 0. The van der Waals surface area contributed by atoms with Gasteiger partial charge in [0.1, 0.15) is 10.6 Å². The van der Waals surface area contributed by atoms with Crippen LogP contribution in [0.25, 0.3) is 0 Å². The molecule has 1 amide bonds. The summed E-state index contributed by atoms with van der Waals surface area (Å²) < 4.78 is 34.9. The normalized spacial score (nSPS) is 22.6. The standard InChI is InChI=1S/C18H29N3O4S/c1-13-7-5-6-8-21(13)18(22)16-14(2)17(15(3)19(16)4)26(23,24)20-9-11-25-12-10-20/h13H,5-12H2,1-4H3. The molecule has 2 fully saturated rings. The summed E-state index contributed by atoms with van der Waals surface area (Å²) in [5.74, 6) is -0.0660. The van der Waals surface area contributed by atoms with E-state index in [0.717, 1.165) is 25.8 Å². The number of ether oxygens (including phenoxy) is 1. The molecule has 0 N–H and O–H groups in total. The number of hydrogen-bond donors (Lipinski definition) is 0. The zero-order chi connectivity index (χ0) is 19.1. The molecule has 0 saturated carbocycles. The third-order valence-electron chi connectivity index (χ3n) is 5.70. The molecule has 1 aromatic heterocycles. The Morgan fingerprint density at radius 2 is 1.77 bits per heavy atom. The van der Waals surface area contributed by atoms with Crippen LogP contribution >= 0.6 is 0 Å². The van der Waals surface area contributed by atoms with Crippen molar-refractivity contribution < 1.29 is 17.9 Å². The zero-order valence-corrected chi connectivity index (χ0v) is 16.9. The number of rotatable bonds is 3. The molecule has 0 aromatic carbocycles. The molecule has 146 valence electrons.